The molecule has 0 saturated heterocycles. The van der Waals surface area contributed by atoms with Crippen LogP contribution in [-0.4, -0.2) is 4.57 Å². The molecule has 1 heterocycles. The SMILES string of the molecule is Cc1cccc(-c2c3ccccc3c(-c3ccc(-n4c5ccccc5c5cc(N(c6ccccc6)c6cccc(C)c6)ccc54)cc3)c3ccccc23)c1. The molecule has 0 radical (unpaired) electrons. The van der Waals surface area contributed by atoms with Gasteiger partial charge in [0.25, 0.3) is 0 Å². The van der Waals surface area contributed by atoms with Gasteiger partial charge in [-0.05, 0) is 124 Å². The molecular weight excluding hydrogens is 653 g/mol. The van der Waals surface area contributed by atoms with Crippen LogP contribution in [0.2, 0.25) is 0 Å². The monoisotopic (exact) mass is 690 g/mol. The summed E-state index contributed by atoms with van der Waals surface area (Å²) in [5.41, 5.74) is 14.5. The van der Waals surface area contributed by atoms with Crippen LogP contribution in [0.1, 0.15) is 11.1 Å². The number of para-hydroxylation sites is 2. The number of benzene rings is 9. The van der Waals surface area contributed by atoms with Crippen molar-refractivity contribution in [1.29, 1.82) is 0 Å². The maximum atomic E-state index is 2.41. The van der Waals surface area contributed by atoms with Crippen LogP contribution < -0.4 is 4.90 Å². The lowest BCUT2D eigenvalue weighted by Crippen LogP contribution is -2.09. The molecule has 0 aliphatic heterocycles. The second-order valence-corrected chi connectivity index (χ2v) is 14.3. The Balaban J connectivity index is 1.13. The normalized spacial score (nSPS) is 11.5. The molecule has 10 rings (SSSR count). The first-order chi connectivity index (χ1) is 26.6. The van der Waals surface area contributed by atoms with E-state index in [1.165, 1.54) is 76.7 Å². The average Bonchev–Trinajstić information content (AvgIpc) is 3.54. The molecule has 0 spiro atoms. The molecule has 0 unspecified atom stereocenters. The van der Waals surface area contributed by atoms with Gasteiger partial charge in [-0.3, -0.25) is 0 Å². The smallest absolute Gasteiger partial charge is 0.0542 e. The molecule has 0 aliphatic carbocycles. The fourth-order valence-electron chi connectivity index (χ4n) is 8.50. The minimum Gasteiger partial charge on any atom is -0.310 e. The quantitative estimate of drug-likeness (QED) is 0.158. The first kappa shape index (κ1) is 31.8. The maximum absolute atomic E-state index is 2.41. The third-order valence-electron chi connectivity index (χ3n) is 10.8. The van der Waals surface area contributed by atoms with E-state index < -0.39 is 0 Å². The van der Waals surface area contributed by atoms with E-state index in [1.807, 2.05) is 0 Å². The molecule has 10 aromatic rings. The third kappa shape index (κ3) is 5.26. The van der Waals surface area contributed by atoms with Gasteiger partial charge in [0, 0.05) is 33.5 Å². The second kappa shape index (κ2) is 12.9. The minimum atomic E-state index is 1.13. The summed E-state index contributed by atoms with van der Waals surface area (Å²) in [4.78, 5) is 2.35. The molecule has 0 atom stereocenters. The van der Waals surface area contributed by atoms with Crippen LogP contribution in [-0.2, 0) is 0 Å². The highest BCUT2D eigenvalue weighted by Crippen LogP contribution is 2.45. The number of anilines is 3. The molecule has 0 saturated carbocycles. The zero-order valence-corrected chi connectivity index (χ0v) is 30.4. The van der Waals surface area contributed by atoms with Gasteiger partial charge in [-0.2, -0.15) is 0 Å². The van der Waals surface area contributed by atoms with Gasteiger partial charge in [0.2, 0.25) is 0 Å². The summed E-state index contributed by atoms with van der Waals surface area (Å²) >= 11 is 0. The lowest BCUT2D eigenvalue weighted by Gasteiger charge is -2.26. The van der Waals surface area contributed by atoms with Gasteiger partial charge in [-0.1, -0.05) is 139 Å². The van der Waals surface area contributed by atoms with Crippen molar-refractivity contribution in [3.63, 3.8) is 0 Å². The number of hydrogen-bond donors (Lipinski definition) is 0. The van der Waals surface area contributed by atoms with Crippen LogP contribution in [0.25, 0.3) is 71.3 Å². The van der Waals surface area contributed by atoms with Gasteiger partial charge in [0.05, 0.1) is 11.0 Å². The molecule has 1 aromatic heterocycles. The molecule has 54 heavy (non-hydrogen) atoms. The number of aryl methyl sites for hydroxylation is 2. The van der Waals surface area contributed by atoms with E-state index in [0.717, 1.165) is 22.7 Å². The van der Waals surface area contributed by atoms with E-state index in [-0.39, 0.29) is 0 Å². The molecule has 0 N–H and O–H groups in total. The Morgan fingerprint density at radius 3 is 1.50 bits per heavy atom. The van der Waals surface area contributed by atoms with Crippen molar-refractivity contribution in [3.8, 4) is 27.9 Å². The third-order valence-corrected chi connectivity index (χ3v) is 10.8. The highest BCUT2D eigenvalue weighted by molar-refractivity contribution is 6.21. The predicted molar refractivity (Wildman–Crippen MR) is 231 cm³/mol. The summed E-state index contributed by atoms with van der Waals surface area (Å²) in [6.45, 7) is 4.32. The number of hydrogen-bond acceptors (Lipinski definition) is 1. The van der Waals surface area contributed by atoms with Crippen LogP contribution in [0.3, 0.4) is 0 Å². The van der Waals surface area contributed by atoms with Crippen molar-refractivity contribution >= 4 is 60.4 Å². The van der Waals surface area contributed by atoms with Gasteiger partial charge in [-0.15, -0.1) is 0 Å². The van der Waals surface area contributed by atoms with E-state index >= 15 is 0 Å². The first-order valence-electron chi connectivity index (χ1n) is 18.7. The molecule has 2 nitrogen and oxygen atoms in total. The Hall–Kier alpha value is -6.90. The van der Waals surface area contributed by atoms with Crippen LogP contribution in [0.4, 0.5) is 17.1 Å². The topological polar surface area (TPSA) is 8.17 Å². The standard InChI is InChI=1S/C52H38N2/c1-35-14-12-16-38(32-35)52-46-23-8-6-21-44(46)51(45-22-7-9-24-47(45)52)37-26-28-40(29-27-37)54-49-25-11-10-20-43(49)48-34-42(30-31-50(48)54)53(39-17-4-3-5-18-39)41-19-13-15-36(2)33-41/h3-34H,1-2H3. The molecule has 0 amide bonds. The highest BCUT2D eigenvalue weighted by Gasteiger charge is 2.19. The van der Waals surface area contributed by atoms with Gasteiger partial charge >= 0.3 is 0 Å². The van der Waals surface area contributed by atoms with Crippen molar-refractivity contribution in [2.75, 3.05) is 4.90 Å². The number of fused-ring (bicyclic) bond motifs is 5. The predicted octanol–water partition coefficient (Wildman–Crippen LogP) is 14.5. The Bertz CT molecular complexity index is 2950. The lowest BCUT2D eigenvalue weighted by atomic mass is 9.86. The Labute approximate surface area is 315 Å². The van der Waals surface area contributed by atoms with Gasteiger partial charge in [0.1, 0.15) is 0 Å². The summed E-state index contributed by atoms with van der Waals surface area (Å²) in [5, 5.41) is 7.54. The van der Waals surface area contributed by atoms with Gasteiger partial charge in [-0.25, -0.2) is 0 Å². The lowest BCUT2D eigenvalue weighted by molar-refractivity contribution is 1.18. The molecular formula is C52H38N2. The minimum absolute atomic E-state index is 1.13. The van der Waals surface area contributed by atoms with E-state index in [0.29, 0.717) is 0 Å². The Morgan fingerprint density at radius 1 is 0.333 bits per heavy atom. The molecule has 2 heteroatoms. The second-order valence-electron chi connectivity index (χ2n) is 14.3. The largest absolute Gasteiger partial charge is 0.310 e. The zero-order valence-electron chi connectivity index (χ0n) is 30.4. The van der Waals surface area contributed by atoms with Crippen molar-refractivity contribution in [2.24, 2.45) is 0 Å². The molecule has 256 valence electrons. The summed E-state index contributed by atoms with van der Waals surface area (Å²) in [6, 6.07) is 70.9. The van der Waals surface area contributed by atoms with Crippen LogP contribution >= 0.6 is 0 Å². The maximum Gasteiger partial charge on any atom is 0.0542 e. The van der Waals surface area contributed by atoms with E-state index in [1.54, 1.807) is 0 Å². The van der Waals surface area contributed by atoms with Crippen LogP contribution in [0, 0.1) is 13.8 Å². The van der Waals surface area contributed by atoms with Crippen molar-refractivity contribution in [1.82, 2.24) is 4.57 Å². The average molecular weight is 691 g/mol. The molecule has 0 bridgehead atoms. The highest BCUT2D eigenvalue weighted by atomic mass is 15.1. The van der Waals surface area contributed by atoms with Crippen LogP contribution in [0.15, 0.2) is 194 Å². The Morgan fingerprint density at radius 2 is 0.852 bits per heavy atom. The fraction of sp³-hybridized carbons (Fsp3) is 0.0385. The summed E-state index contributed by atoms with van der Waals surface area (Å²) < 4.78 is 2.41. The number of aromatic nitrogens is 1. The Kier molecular flexibility index (Phi) is 7.63. The fourth-order valence-corrected chi connectivity index (χ4v) is 8.50. The van der Waals surface area contributed by atoms with Gasteiger partial charge < -0.3 is 9.47 Å². The molecule has 0 aliphatic rings. The zero-order chi connectivity index (χ0) is 36.2. The van der Waals surface area contributed by atoms with Gasteiger partial charge in [0.15, 0.2) is 0 Å². The summed E-state index contributed by atoms with van der Waals surface area (Å²) in [6.07, 6.45) is 0. The number of nitrogens with zero attached hydrogens (tertiary/aromatic N) is 2. The summed E-state index contributed by atoms with van der Waals surface area (Å²) in [7, 11) is 0. The summed E-state index contributed by atoms with van der Waals surface area (Å²) in [5.74, 6) is 0. The van der Waals surface area contributed by atoms with Crippen LogP contribution in [0.5, 0.6) is 0 Å². The van der Waals surface area contributed by atoms with Crippen molar-refractivity contribution < 1.29 is 0 Å². The first-order valence-corrected chi connectivity index (χ1v) is 18.7. The molecule has 0 fully saturated rings. The van der Waals surface area contributed by atoms with Crippen molar-refractivity contribution in [3.05, 3.63) is 205 Å². The van der Waals surface area contributed by atoms with Crippen molar-refractivity contribution in [2.45, 2.75) is 13.8 Å². The van der Waals surface area contributed by atoms with E-state index in [4.69, 9.17) is 0 Å². The number of rotatable bonds is 6. The van der Waals surface area contributed by atoms with E-state index in [2.05, 4.69) is 217 Å². The molecule has 9 aromatic carbocycles. The van der Waals surface area contributed by atoms with E-state index in [9.17, 15) is 0 Å².